The van der Waals surface area contributed by atoms with Crippen molar-refractivity contribution in [3.8, 4) is 22.5 Å². The van der Waals surface area contributed by atoms with Crippen LogP contribution in [-0.4, -0.2) is 24.6 Å². The lowest BCUT2D eigenvalue weighted by molar-refractivity contribution is 0.141. The number of hydrogen-bond donors (Lipinski definition) is 1. The number of aromatic amines is 1. The molecule has 0 aliphatic carbocycles. The number of imidazole rings is 1. The number of alkyl halides is 2. The van der Waals surface area contributed by atoms with Gasteiger partial charge in [-0.25, -0.2) is 39.7 Å². The number of benzene rings is 2. The molecule has 3 rings (SSSR count). The van der Waals surface area contributed by atoms with E-state index in [1.807, 2.05) is 0 Å². The molecule has 0 saturated carbocycles. The maximum absolute atomic E-state index is 14.2. The van der Waals surface area contributed by atoms with Gasteiger partial charge in [-0.15, -0.1) is 0 Å². The van der Waals surface area contributed by atoms with Crippen molar-refractivity contribution >= 4 is 9.84 Å². The molecule has 148 valence electrons. The van der Waals surface area contributed by atoms with Gasteiger partial charge in [0.25, 0.3) is 6.43 Å². The Morgan fingerprint density at radius 3 is 1.96 bits per heavy atom. The van der Waals surface area contributed by atoms with Gasteiger partial charge >= 0.3 is 0 Å². The van der Waals surface area contributed by atoms with Crippen LogP contribution in [0.15, 0.2) is 35.2 Å². The minimum atomic E-state index is -4.23. The predicted octanol–water partition coefficient (Wildman–Crippen LogP) is 4.64. The van der Waals surface area contributed by atoms with Gasteiger partial charge in [-0.2, -0.15) is 0 Å². The summed E-state index contributed by atoms with van der Waals surface area (Å²) < 4.78 is 104. The molecule has 0 aliphatic heterocycles. The summed E-state index contributed by atoms with van der Waals surface area (Å²) in [6, 6.07) is 3.70. The van der Waals surface area contributed by atoms with Crippen LogP contribution in [0.5, 0.6) is 0 Å². The summed E-state index contributed by atoms with van der Waals surface area (Å²) >= 11 is 0. The molecule has 0 spiro atoms. The van der Waals surface area contributed by atoms with Crippen molar-refractivity contribution in [2.75, 3.05) is 6.26 Å². The first-order valence-corrected chi connectivity index (χ1v) is 9.41. The Balaban J connectivity index is 2.26. The van der Waals surface area contributed by atoms with E-state index in [0.29, 0.717) is 24.5 Å². The molecule has 4 nitrogen and oxygen atoms in total. The average molecular weight is 420 g/mol. The minimum absolute atomic E-state index is 0.110. The van der Waals surface area contributed by atoms with Crippen molar-refractivity contribution in [1.29, 1.82) is 0 Å². The fourth-order valence-electron chi connectivity index (χ4n) is 2.62. The highest BCUT2D eigenvalue weighted by Gasteiger charge is 2.25. The third-order valence-corrected chi connectivity index (χ3v) is 4.91. The Bertz CT molecular complexity index is 1150. The number of rotatable bonds is 4. The van der Waals surface area contributed by atoms with E-state index >= 15 is 0 Å². The topological polar surface area (TPSA) is 62.8 Å². The molecule has 0 atom stereocenters. The zero-order valence-electron chi connectivity index (χ0n) is 13.9. The number of nitrogens with one attached hydrogen (secondary N) is 1. The van der Waals surface area contributed by atoms with E-state index in [0.717, 1.165) is 12.1 Å². The van der Waals surface area contributed by atoms with Crippen molar-refractivity contribution in [3.05, 3.63) is 59.4 Å². The van der Waals surface area contributed by atoms with Crippen LogP contribution in [0.3, 0.4) is 0 Å². The zero-order valence-corrected chi connectivity index (χ0v) is 14.7. The summed E-state index contributed by atoms with van der Waals surface area (Å²) in [6.07, 6.45) is -2.49. The van der Waals surface area contributed by atoms with Crippen LogP contribution in [0.2, 0.25) is 0 Å². The molecule has 0 amide bonds. The van der Waals surface area contributed by atoms with Gasteiger partial charge in [-0.05, 0) is 30.3 Å². The number of sulfone groups is 1. The summed E-state index contributed by atoms with van der Waals surface area (Å²) in [5.41, 5.74) is -1.12. The molecule has 11 heteroatoms. The fraction of sp³-hybridized carbons (Fsp3) is 0.118. The Morgan fingerprint density at radius 1 is 0.893 bits per heavy atom. The molecule has 1 aromatic heterocycles. The van der Waals surface area contributed by atoms with Crippen LogP contribution in [0.25, 0.3) is 22.5 Å². The molecule has 0 fully saturated rings. The quantitative estimate of drug-likeness (QED) is 0.626. The normalized spacial score (nSPS) is 12.0. The van der Waals surface area contributed by atoms with Gasteiger partial charge in [0.15, 0.2) is 27.3 Å². The first-order chi connectivity index (χ1) is 13.0. The van der Waals surface area contributed by atoms with Crippen LogP contribution in [0.4, 0.5) is 26.3 Å². The highest BCUT2D eigenvalue weighted by molar-refractivity contribution is 7.90. The van der Waals surface area contributed by atoms with Crippen LogP contribution >= 0.6 is 0 Å². The molecule has 0 aliphatic rings. The van der Waals surface area contributed by atoms with Gasteiger partial charge in [0.2, 0.25) is 0 Å². The Morgan fingerprint density at radius 2 is 1.46 bits per heavy atom. The van der Waals surface area contributed by atoms with E-state index in [9.17, 15) is 34.8 Å². The Labute approximate surface area is 154 Å². The summed E-state index contributed by atoms with van der Waals surface area (Å²) in [4.78, 5) is 4.61. The summed E-state index contributed by atoms with van der Waals surface area (Å²) in [5.74, 6) is -6.23. The van der Waals surface area contributed by atoms with Crippen molar-refractivity contribution in [2.45, 2.75) is 11.3 Å². The molecular formula is C17H10F6N2O2S. The van der Waals surface area contributed by atoms with Gasteiger partial charge in [0.05, 0.1) is 11.4 Å². The summed E-state index contributed by atoms with van der Waals surface area (Å²) in [7, 11) is -4.23. The van der Waals surface area contributed by atoms with E-state index < -0.39 is 50.3 Å². The molecule has 3 aromatic rings. The number of halogens is 6. The van der Waals surface area contributed by atoms with E-state index in [2.05, 4.69) is 9.97 Å². The third-order valence-electron chi connectivity index (χ3n) is 3.78. The van der Waals surface area contributed by atoms with Gasteiger partial charge < -0.3 is 4.98 Å². The lowest BCUT2D eigenvalue weighted by atomic mass is 10.0. The zero-order chi connectivity index (χ0) is 20.8. The number of aromatic nitrogens is 2. The molecule has 0 bridgehead atoms. The third kappa shape index (κ3) is 3.61. The molecule has 1 heterocycles. The largest absolute Gasteiger partial charge is 0.337 e. The van der Waals surface area contributed by atoms with Crippen molar-refractivity contribution in [1.82, 2.24) is 9.97 Å². The maximum atomic E-state index is 14.2. The van der Waals surface area contributed by atoms with Crippen LogP contribution in [-0.2, 0) is 9.84 Å². The van der Waals surface area contributed by atoms with Gasteiger partial charge in [-0.3, -0.25) is 0 Å². The number of hydrogen-bond acceptors (Lipinski definition) is 3. The molecule has 1 N–H and O–H groups in total. The highest BCUT2D eigenvalue weighted by Crippen LogP contribution is 2.35. The summed E-state index contributed by atoms with van der Waals surface area (Å²) in [6.45, 7) is 0. The lowest BCUT2D eigenvalue weighted by Crippen LogP contribution is -2.05. The van der Waals surface area contributed by atoms with E-state index in [1.54, 1.807) is 0 Å². The van der Waals surface area contributed by atoms with Crippen LogP contribution in [0, 0.1) is 23.3 Å². The van der Waals surface area contributed by atoms with Crippen LogP contribution in [0.1, 0.15) is 12.2 Å². The molecule has 2 aromatic carbocycles. The van der Waals surface area contributed by atoms with Crippen molar-refractivity contribution < 1.29 is 34.8 Å². The van der Waals surface area contributed by atoms with E-state index in [4.69, 9.17) is 0 Å². The van der Waals surface area contributed by atoms with Crippen LogP contribution < -0.4 is 0 Å². The van der Waals surface area contributed by atoms with E-state index in [-0.39, 0.29) is 22.5 Å². The number of nitrogens with zero attached hydrogens (tertiary/aromatic N) is 1. The molecular weight excluding hydrogens is 410 g/mol. The van der Waals surface area contributed by atoms with Gasteiger partial charge in [0.1, 0.15) is 16.5 Å². The Hall–Kier alpha value is -2.82. The van der Waals surface area contributed by atoms with Gasteiger partial charge in [0, 0.05) is 17.4 Å². The fourth-order valence-corrected chi connectivity index (χ4v) is 3.44. The SMILES string of the molecule is CS(=O)(=O)c1c(F)cc(-c2nc(C(F)F)[nH]c2-c2ccc(F)c(F)c2)cc1F. The predicted molar refractivity (Wildman–Crippen MR) is 87.4 cm³/mol. The number of H-pyrrole nitrogens is 1. The van der Waals surface area contributed by atoms with Crippen molar-refractivity contribution in [3.63, 3.8) is 0 Å². The maximum Gasteiger partial charge on any atom is 0.295 e. The highest BCUT2D eigenvalue weighted by atomic mass is 32.2. The first-order valence-electron chi connectivity index (χ1n) is 7.52. The monoisotopic (exact) mass is 420 g/mol. The van der Waals surface area contributed by atoms with E-state index in [1.165, 1.54) is 0 Å². The molecule has 0 saturated heterocycles. The average Bonchev–Trinajstić information content (AvgIpc) is 3.01. The first kappa shape index (κ1) is 19.9. The summed E-state index contributed by atoms with van der Waals surface area (Å²) in [5, 5.41) is 0. The standard InChI is InChI=1S/C17H10F6N2O2S/c1-28(26,27)15-11(20)5-8(6-12(15)21)14-13(24-17(25-14)16(22)23)7-2-3-9(18)10(19)4-7/h2-6,16H,1H3,(H,24,25). The molecule has 28 heavy (non-hydrogen) atoms. The van der Waals surface area contributed by atoms with Gasteiger partial charge in [-0.1, -0.05) is 0 Å². The van der Waals surface area contributed by atoms with Crippen molar-refractivity contribution in [2.24, 2.45) is 0 Å². The minimum Gasteiger partial charge on any atom is -0.337 e. The second-order valence-electron chi connectivity index (χ2n) is 5.82. The Kier molecular flexibility index (Phi) is 4.96. The lowest BCUT2D eigenvalue weighted by Gasteiger charge is -2.07. The second-order valence-corrected chi connectivity index (χ2v) is 7.77. The smallest absolute Gasteiger partial charge is 0.295 e. The second kappa shape index (κ2) is 6.97. The molecule has 0 unspecified atom stereocenters. The molecule has 0 radical (unpaired) electrons.